The van der Waals surface area contributed by atoms with E-state index in [1.165, 1.54) is 18.2 Å². The molecule has 0 bridgehead atoms. The van der Waals surface area contributed by atoms with Gasteiger partial charge in [0.05, 0.1) is 0 Å². The second-order valence-electron chi connectivity index (χ2n) is 5.78. The Balaban J connectivity index is 1.84. The molecule has 1 atom stereocenters. The van der Waals surface area contributed by atoms with Gasteiger partial charge in [0.2, 0.25) is 5.91 Å². The van der Waals surface area contributed by atoms with Gasteiger partial charge >= 0.3 is 0 Å². The molecule has 0 aromatic heterocycles. The van der Waals surface area contributed by atoms with E-state index in [-0.39, 0.29) is 12.0 Å². The topological polar surface area (TPSA) is 72.2 Å². The number of carbonyl (C=O) groups is 2. The Labute approximate surface area is 144 Å². The molecule has 0 spiro atoms. The largest absolute Gasteiger partial charge is 0.368 e. The van der Waals surface area contributed by atoms with Crippen LogP contribution in [0.25, 0.3) is 10.8 Å². The summed E-state index contributed by atoms with van der Waals surface area (Å²) in [4.78, 5) is 24.1. The van der Waals surface area contributed by atoms with Gasteiger partial charge in [-0.25, -0.2) is 4.39 Å². The van der Waals surface area contributed by atoms with Crippen LogP contribution in [0.1, 0.15) is 15.9 Å². The lowest BCUT2D eigenvalue weighted by molar-refractivity contribution is -0.119. The molecule has 3 rings (SSSR count). The molecule has 0 unspecified atom stereocenters. The molecule has 0 aliphatic carbocycles. The van der Waals surface area contributed by atoms with E-state index in [1.54, 1.807) is 0 Å². The van der Waals surface area contributed by atoms with Crippen LogP contribution >= 0.6 is 0 Å². The average molecular weight is 336 g/mol. The number of rotatable bonds is 5. The lowest BCUT2D eigenvalue weighted by Gasteiger charge is -2.17. The minimum Gasteiger partial charge on any atom is -0.368 e. The Hall–Kier alpha value is -3.21. The third-order valence-electron chi connectivity index (χ3n) is 4.04. The number of fused-ring (bicyclic) bond motifs is 1. The first-order valence-electron chi connectivity index (χ1n) is 7.87. The summed E-state index contributed by atoms with van der Waals surface area (Å²) >= 11 is 0. The van der Waals surface area contributed by atoms with Gasteiger partial charge in [0, 0.05) is 12.0 Å². The Bertz CT molecular complexity index is 934. The van der Waals surface area contributed by atoms with Gasteiger partial charge in [0.15, 0.2) is 0 Å². The van der Waals surface area contributed by atoms with Gasteiger partial charge in [-0.15, -0.1) is 0 Å². The second-order valence-corrected chi connectivity index (χ2v) is 5.78. The van der Waals surface area contributed by atoms with Gasteiger partial charge < -0.3 is 11.1 Å². The third-order valence-corrected chi connectivity index (χ3v) is 4.04. The summed E-state index contributed by atoms with van der Waals surface area (Å²) in [6.45, 7) is 0. The molecule has 0 aliphatic rings. The minimum absolute atomic E-state index is 0.143. The molecule has 4 nitrogen and oxygen atoms in total. The highest BCUT2D eigenvalue weighted by molar-refractivity contribution is 5.97. The zero-order chi connectivity index (χ0) is 17.8. The van der Waals surface area contributed by atoms with Crippen molar-refractivity contribution in [1.29, 1.82) is 0 Å². The quantitative estimate of drug-likeness (QED) is 0.752. The summed E-state index contributed by atoms with van der Waals surface area (Å²) in [5.74, 6) is -1.70. The standard InChI is InChI=1S/C20H17FN2O2/c21-16-9-4-8-15(11-16)20(25)23-18(19(22)24)12-14-7-3-6-13-5-1-2-10-17(13)14/h1-11,18H,12H2,(H2,22,24)(H,23,25)/t18-/m0/s1. The fraction of sp³-hybridized carbons (Fsp3) is 0.100. The van der Waals surface area contributed by atoms with Crippen molar-refractivity contribution in [2.75, 3.05) is 0 Å². The van der Waals surface area contributed by atoms with Crippen LogP contribution in [0.4, 0.5) is 4.39 Å². The molecule has 0 saturated carbocycles. The van der Waals surface area contributed by atoms with Crippen molar-refractivity contribution in [1.82, 2.24) is 5.32 Å². The van der Waals surface area contributed by atoms with Gasteiger partial charge in [0.1, 0.15) is 11.9 Å². The van der Waals surface area contributed by atoms with Crippen LogP contribution in [-0.4, -0.2) is 17.9 Å². The Morgan fingerprint density at radius 3 is 2.48 bits per heavy atom. The number of amides is 2. The van der Waals surface area contributed by atoms with Gasteiger partial charge in [-0.05, 0) is 34.5 Å². The van der Waals surface area contributed by atoms with Crippen molar-refractivity contribution in [3.8, 4) is 0 Å². The Morgan fingerprint density at radius 2 is 1.72 bits per heavy atom. The number of hydrogen-bond acceptors (Lipinski definition) is 2. The predicted octanol–water partition coefficient (Wildman–Crippen LogP) is 2.81. The lowest BCUT2D eigenvalue weighted by atomic mass is 9.98. The van der Waals surface area contributed by atoms with Crippen molar-refractivity contribution in [2.24, 2.45) is 5.73 Å². The molecule has 0 aliphatic heterocycles. The van der Waals surface area contributed by atoms with Gasteiger partial charge in [-0.3, -0.25) is 9.59 Å². The number of carbonyl (C=O) groups excluding carboxylic acids is 2. The summed E-state index contributed by atoms with van der Waals surface area (Å²) in [6, 6.07) is 17.9. The zero-order valence-electron chi connectivity index (χ0n) is 13.4. The highest BCUT2D eigenvalue weighted by Crippen LogP contribution is 2.20. The monoisotopic (exact) mass is 336 g/mol. The first-order valence-corrected chi connectivity index (χ1v) is 7.87. The average Bonchev–Trinajstić information content (AvgIpc) is 2.61. The summed E-state index contributed by atoms with van der Waals surface area (Å²) in [5, 5.41) is 4.63. The van der Waals surface area contributed by atoms with Crippen LogP contribution in [-0.2, 0) is 11.2 Å². The third kappa shape index (κ3) is 3.83. The molecule has 5 heteroatoms. The number of primary amides is 1. The fourth-order valence-corrected chi connectivity index (χ4v) is 2.78. The van der Waals surface area contributed by atoms with Crippen LogP contribution in [0.15, 0.2) is 66.7 Å². The van der Waals surface area contributed by atoms with Gasteiger partial charge in [-0.2, -0.15) is 0 Å². The molecular weight excluding hydrogens is 319 g/mol. The van der Waals surface area contributed by atoms with E-state index < -0.39 is 23.7 Å². The van der Waals surface area contributed by atoms with E-state index in [0.717, 1.165) is 22.4 Å². The summed E-state index contributed by atoms with van der Waals surface area (Å²) in [6.07, 6.45) is 0.262. The summed E-state index contributed by atoms with van der Waals surface area (Å²) < 4.78 is 13.3. The van der Waals surface area contributed by atoms with Crippen molar-refractivity contribution < 1.29 is 14.0 Å². The molecular formula is C20H17FN2O2. The van der Waals surface area contributed by atoms with Crippen LogP contribution in [0.5, 0.6) is 0 Å². The van der Waals surface area contributed by atoms with Crippen LogP contribution in [0.2, 0.25) is 0 Å². The van der Waals surface area contributed by atoms with Gasteiger partial charge in [0.25, 0.3) is 5.91 Å². The molecule has 3 aromatic rings. The van der Waals surface area contributed by atoms with Crippen molar-refractivity contribution in [2.45, 2.75) is 12.5 Å². The fourth-order valence-electron chi connectivity index (χ4n) is 2.78. The van der Waals surface area contributed by atoms with E-state index in [1.807, 2.05) is 42.5 Å². The highest BCUT2D eigenvalue weighted by Gasteiger charge is 2.20. The lowest BCUT2D eigenvalue weighted by Crippen LogP contribution is -2.45. The molecule has 0 heterocycles. The Morgan fingerprint density at radius 1 is 1.00 bits per heavy atom. The van der Waals surface area contributed by atoms with E-state index in [9.17, 15) is 14.0 Å². The smallest absolute Gasteiger partial charge is 0.252 e. The number of nitrogens with one attached hydrogen (secondary N) is 1. The normalized spacial score (nSPS) is 11.9. The molecule has 0 fully saturated rings. The van der Waals surface area contributed by atoms with E-state index in [0.29, 0.717) is 0 Å². The molecule has 3 aromatic carbocycles. The first kappa shape index (κ1) is 16.6. The predicted molar refractivity (Wildman–Crippen MR) is 94.5 cm³/mol. The molecule has 126 valence electrons. The Kier molecular flexibility index (Phi) is 4.75. The molecule has 0 radical (unpaired) electrons. The first-order chi connectivity index (χ1) is 12.0. The van der Waals surface area contributed by atoms with E-state index in [2.05, 4.69) is 5.32 Å². The van der Waals surface area contributed by atoms with Crippen LogP contribution in [0.3, 0.4) is 0 Å². The molecule has 0 saturated heterocycles. The molecule has 3 N–H and O–H groups in total. The summed E-state index contributed by atoms with van der Waals surface area (Å²) in [7, 11) is 0. The van der Waals surface area contributed by atoms with Crippen molar-refractivity contribution in [3.05, 3.63) is 83.7 Å². The van der Waals surface area contributed by atoms with Gasteiger partial charge in [-0.1, -0.05) is 48.5 Å². The van der Waals surface area contributed by atoms with Crippen molar-refractivity contribution in [3.63, 3.8) is 0 Å². The maximum Gasteiger partial charge on any atom is 0.252 e. The maximum atomic E-state index is 13.3. The summed E-state index contributed by atoms with van der Waals surface area (Å²) in [5.41, 5.74) is 6.50. The number of hydrogen-bond donors (Lipinski definition) is 2. The second kappa shape index (κ2) is 7.13. The van der Waals surface area contributed by atoms with Crippen LogP contribution in [0, 0.1) is 5.82 Å². The molecule has 25 heavy (non-hydrogen) atoms. The number of halogens is 1. The van der Waals surface area contributed by atoms with E-state index >= 15 is 0 Å². The SMILES string of the molecule is NC(=O)[C@H](Cc1cccc2ccccc12)NC(=O)c1cccc(F)c1. The zero-order valence-corrected chi connectivity index (χ0v) is 13.4. The van der Waals surface area contributed by atoms with E-state index in [4.69, 9.17) is 5.73 Å². The highest BCUT2D eigenvalue weighted by atomic mass is 19.1. The van der Waals surface area contributed by atoms with Crippen LogP contribution < -0.4 is 11.1 Å². The van der Waals surface area contributed by atoms with Crippen molar-refractivity contribution >= 4 is 22.6 Å². The molecule has 2 amide bonds. The maximum absolute atomic E-state index is 13.3. The minimum atomic E-state index is -0.887. The number of benzene rings is 3. The number of nitrogens with two attached hydrogens (primary N) is 1.